The standard InChI is InChI=1S/C17H27N3O/c1-14-3-5-16(6-4-14)19-17(21)13-20-11-8-15(9-12-20)7-10-18-2/h3-6,15,18H,7-13H2,1-2H3,(H,19,21). The van der Waals surface area contributed by atoms with Gasteiger partial charge in [-0.05, 0) is 70.9 Å². The number of aryl methyl sites for hydroxylation is 1. The van der Waals surface area contributed by atoms with Crippen molar-refractivity contribution >= 4 is 11.6 Å². The zero-order valence-corrected chi connectivity index (χ0v) is 13.2. The first kappa shape index (κ1) is 16.0. The molecular formula is C17H27N3O. The molecule has 1 aromatic carbocycles. The van der Waals surface area contributed by atoms with Crippen LogP contribution in [0.3, 0.4) is 0 Å². The topological polar surface area (TPSA) is 44.4 Å². The predicted molar refractivity (Wildman–Crippen MR) is 87.5 cm³/mol. The van der Waals surface area contributed by atoms with Crippen molar-refractivity contribution in [3.63, 3.8) is 0 Å². The SMILES string of the molecule is CNCCC1CCN(CC(=O)Nc2ccc(C)cc2)CC1. The highest BCUT2D eigenvalue weighted by molar-refractivity contribution is 5.92. The molecule has 0 bridgehead atoms. The molecule has 0 radical (unpaired) electrons. The van der Waals surface area contributed by atoms with Crippen molar-refractivity contribution in [3.05, 3.63) is 29.8 Å². The van der Waals surface area contributed by atoms with Crippen LogP contribution in [-0.2, 0) is 4.79 Å². The van der Waals surface area contributed by atoms with Crippen molar-refractivity contribution in [2.24, 2.45) is 5.92 Å². The number of anilines is 1. The van der Waals surface area contributed by atoms with Gasteiger partial charge in [-0.3, -0.25) is 9.69 Å². The number of amides is 1. The Hall–Kier alpha value is -1.39. The summed E-state index contributed by atoms with van der Waals surface area (Å²) in [5, 5.41) is 6.18. The van der Waals surface area contributed by atoms with Gasteiger partial charge in [0.15, 0.2) is 0 Å². The van der Waals surface area contributed by atoms with Crippen LogP contribution < -0.4 is 10.6 Å². The average molecular weight is 289 g/mol. The maximum absolute atomic E-state index is 12.1. The molecule has 1 aromatic rings. The molecule has 4 nitrogen and oxygen atoms in total. The van der Waals surface area contributed by atoms with Crippen LogP contribution in [0.25, 0.3) is 0 Å². The van der Waals surface area contributed by atoms with E-state index in [0.717, 1.165) is 31.2 Å². The second-order valence-corrected chi connectivity index (χ2v) is 6.03. The van der Waals surface area contributed by atoms with Gasteiger partial charge < -0.3 is 10.6 Å². The number of carbonyl (C=O) groups excluding carboxylic acids is 1. The molecule has 116 valence electrons. The van der Waals surface area contributed by atoms with Crippen LogP contribution in [0.2, 0.25) is 0 Å². The van der Waals surface area contributed by atoms with Crippen LogP contribution in [0.5, 0.6) is 0 Å². The molecule has 1 saturated heterocycles. The third kappa shape index (κ3) is 5.48. The van der Waals surface area contributed by atoms with Gasteiger partial charge in [0.05, 0.1) is 6.54 Å². The lowest BCUT2D eigenvalue weighted by molar-refractivity contribution is -0.117. The molecule has 2 rings (SSSR count). The largest absolute Gasteiger partial charge is 0.325 e. The minimum absolute atomic E-state index is 0.0903. The number of piperidine rings is 1. The Kier molecular flexibility index (Phi) is 6.21. The minimum atomic E-state index is 0.0903. The molecule has 0 saturated carbocycles. The van der Waals surface area contributed by atoms with Crippen LogP contribution in [0.4, 0.5) is 5.69 Å². The molecule has 2 N–H and O–H groups in total. The van der Waals surface area contributed by atoms with Gasteiger partial charge in [-0.15, -0.1) is 0 Å². The van der Waals surface area contributed by atoms with E-state index in [1.807, 2.05) is 38.2 Å². The summed E-state index contributed by atoms with van der Waals surface area (Å²) >= 11 is 0. The lowest BCUT2D eigenvalue weighted by Gasteiger charge is -2.31. The Bertz CT molecular complexity index is 436. The zero-order valence-electron chi connectivity index (χ0n) is 13.2. The van der Waals surface area contributed by atoms with Gasteiger partial charge in [-0.2, -0.15) is 0 Å². The Morgan fingerprint density at radius 2 is 1.90 bits per heavy atom. The lowest BCUT2D eigenvalue weighted by atomic mass is 9.93. The third-order valence-corrected chi connectivity index (χ3v) is 4.21. The fourth-order valence-corrected chi connectivity index (χ4v) is 2.82. The molecule has 1 heterocycles. The molecule has 21 heavy (non-hydrogen) atoms. The summed E-state index contributed by atoms with van der Waals surface area (Å²) in [6.45, 7) is 5.72. The third-order valence-electron chi connectivity index (χ3n) is 4.21. The fraction of sp³-hybridized carbons (Fsp3) is 0.588. The molecule has 1 aliphatic heterocycles. The molecule has 4 heteroatoms. The Labute approximate surface area is 127 Å². The van der Waals surface area contributed by atoms with Crippen LogP contribution in [-0.4, -0.2) is 44.0 Å². The van der Waals surface area contributed by atoms with Gasteiger partial charge in [0.1, 0.15) is 0 Å². The maximum atomic E-state index is 12.1. The molecule has 1 fully saturated rings. The Morgan fingerprint density at radius 3 is 2.52 bits per heavy atom. The van der Waals surface area contributed by atoms with E-state index >= 15 is 0 Å². The molecule has 0 atom stereocenters. The number of nitrogens with zero attached hydrogens (tertiary/aromatic N) is 1. The number of likely N-dealkylation sites (tertiary alicyclic amines) is 1. The zero-order chi connectivity index (χ0) is 15.1. The fourth-order valence-electron chi connectivity index (χ4n) is 2.82. The van der Waals surface area contributed by atoms with Crippen LogP contribution in [0.15, 0.2) is 24.3 Å². The Balaban J connectivity index is 1.70. The maximum Gasteiger partial charge on any atom is 0.238 e. The van der Waals surface area contributed by atoms with E-state index in [9.17, 15) is 4.79 Å². The van der Waals surface area contributed by atoms with Crippen LogP contribution in [0.1, 0.15) is 24.8 Å². The average Bonchev–Trinajstić information content (AvgIpc) is 2.49. The highest BCUT2D eigenvalue weighted by atomic mass is 16.2. The van der Waals surface area contributed by atoms with Crippen molar-refractivity contribution in [3.8, 4) is 0 Å². The first-order valence-corrected chi connectivity index (χ1v) is 7.91. The van der Waals surface area contributed by atoms with Gasteiger partial charge in [0.25, 0.3) is 0 Å². The van der Waals surface area contributed by atoms with E-state index in [1.54, 1.807) is 0 Å². The van der Waals surface area contributed by atoms with E-state index in [0.29, 0.717) is 6.54 Å². The number of rotatable bonds is 6. The van der Waals surface area contributed by atoms with Crippen LogP contribution >= 0.6 is 0 Å². The first-order chi connectivity index (χ1) is 10.2. The predicted octanol–water partition coefficient (Wildman–Crippen LogP) is 2.26. The van der Waals surface area contributed by atoms with Gasteiger partial charge in [-0.25, -0.2) is 0 Å². The van der Waals surface area contributed by atoms with Gasteiger partial charge >= 0.3 is 0 Å². The van der Waals surface area contributed by atoms with Gasteiger partial charge in [0, 0.05) is 5.69 Å². The van der Waals surface area contributed by atoms with Crippen molar-refractivity contribution in [2.45, 2.75) is 26.2 Å². The molecule has 1 aliphatic rings. The quantitative estimate of drug-likeness (QED) is 0.844. The summed E-state index contributed by atoms with van der Waals surface area (Å²) in [5.41, 5.74) is 2.09. The first-order valence-electron chi connectivity index (χ1n) is 7.91. The summed E-state index contributed by atoms with van der Waals surface area (Å²) in [6, 6.07) is 7.94. The van der Waals surface area contributed by atoms with E-state index < -0.39 is 0 Å². The highest BCUT2D eigenvalue weighted by Crippen LogP contribution is 2.19. The lowest BCUT2D eigenvalue weighted by Crippen LogP contribution is -2.39. The normalized spacial score (nSPS) is 16.9. The Morgan fingerprint density at radius 1 is 1.24 bits per heavy atom. The highest BCUT2D eigenvalue weighted by Gasteiger charge is 2.20. The second kappa shape index (κ2) is 8.15. The van der Waals surface area contributed by atoms with Crippen molar-refractivity contribution in [1.82, 2.24) is 10.2 Å². The smallest absolute Gasteiger partial charge is 0.238 e. The van der Waals surface area contributed by atoms with E-state index in [2.05, 4.69) is 15.5 Å². The minimum Gasteiger partial charge on any atom is -0.325 e. The molecule has 1 amide bonds. The van der Waals surface area contributed by atoms with Crippen molar-refractivity contribution in [1.29, 1.82) is 0 Å². The number of hydrogen-bond donors (Lipinski definition) is 2. The van der Waals surface area contributed by atoms with Crippen molar-refractivity contribution < 1.29 is 4.79 Å². The van der Waals surface area contributed by atoms with E-state index in [4.69, 9.17) is 0 Å². The van der Waals surface area contributed by atoms with Gasteiger partial charge in [-0.1, -0.05) is 17.7 Å². The summed E-state index contributed by atoms with van der Waals surface area (Å²) in [6.07, 6.45) is 3.67. The second-order valence-electron chi connectivity index (χ2n) is 6.03. The monoisotopic (exact) mass is 289 g/mol. The summed E-state index contributed by atoms with van der Waals surface area (Å²) < 4.78 is 0. The molecule has 0 aromatic heterocycles. The molecule has 0 aliphatic carbocycles. The van der Waals surface area contributed by atoms with Gasteiger partial charge in [0.2, 0.25) is 5.91 Å². The number of hydrogen-bond acceptors (Lipinski definition) is 3. The molecule has 0 unspecified atom stereocenters. The van der Waals surface area contributed by atoms with E-state index in [1.165, 1.54) is 24.8 Å². The number of benzene rings is 1. The molecule has 0 spiro atoms. The summed E-state index contributed by atoms with van der Waals surface area (Å²) in [7, 11) is 2.00. The summed E-state index contributed by atoms with van der Waals surface area (Å²) in [5.74, 6) is 0.904. The number of nitrogens with one attached hydrogen (secondary N) is 2. The van der Waals surface area contributed by atoms with Crippen LogP contribution in [0, 0.1) is 12.8 Å². The number of carbonyl (C=O) groups is 1. The summed E-state index contributed by atoms with van der Waals surface area (Å²) in [4.78, 5) is 14.3. The van der Waals surface area contributed by atoms with Crippen molar-refractivity contribution in [2.75, 3.05) is 38.5 Å². The van der Waals surface area contributed by atoms with E-state index in [-0.39, 0.29) is 5.91 Å². The molecular weight excluding hydrogens is 262 g/mol.